The molecule has 6 heteroatoms. The van der Waals surface area contributed by atoms with Crippen LogP contribution in [0.4, 0.5) is 11.4 Å². The molecule has 3 aromatic rings. The Balaban J connectivity index is 1.72. The minimum atomic E-state index is -0.169. The fourth-order valence-electron chi connectivity index (χ4n) is 2.49. The molecule has 0 saturated heterocycles. The average molecular weight is 374 g/mol. The number of hydrogen-bond acceptors (Lipinski definition) is 6. The van der Waals surface area contributed by atoms with Crippen LogP contribution in [0.5, 0.6) is 17.2 Å². The molecule has 140 valence electrons. The van der Waals surface area contributed by atoms with Crippen LogP contribution in [0.2, 0.25) is 0 Å². The summed E-state index contributed by atoms with van der Waals surface area (Å²) in [5.41, 5.74) is 1.78. The molecule has 2 N–H and O–H groups in total. The van der Waals surface area contributed by atoms with E-state index in [1.165, 1.54) is 24.3 Å². The van der Waals surface area contributed by atoms with Crippen LogP contribution >= 0.6 is 0 Å². The molecule has 0 spiro atoms. The van der Waals surface area contributed by atoms with Crippen LogP contribution in [0.3, 0.4) is 0 Å². The minimum Gasteiger partial charge on any atom is -0.505 e. The van der Waals surface area contributed by atoms with Crippen molar-refractivity contribution in [1.29, 1.82) is 0 Å². The number of hydrogen-bond donors (Lipinski definition) is 2. The molecule has 3 aromatic carbocycles. The van der Waals surface area contributed by atoms with Crippen LogP contribution in [0.1, 0.15) is 15.9 Å². The Kier molecular flexibility index (Phi) is 5.81. The molecule has 0 atom stereocenters. The second-order valence-electron chi connectivity index (χ2n) is 5.83. The van der Waals surface area contributed by atoms with E-state index in [2.05, 4.69) is 10.2 Å². The molecule has 0 unspecified atom stereocenters. The van der Waals surface area contributed by atoms with E-state index in [0.29, 0.717) is 17.0 Å². The number of rotatable bonds is 6. The van der Waals surface area contributed by atoms with E-state index >= 15 is 0 Å². The summed E-state index contributed by atoms with van der Waals surface area (Å²) in [5.74, 6) is 0.191. The molecule has 0 heterocycles. The molecule has 3 rings (SSSR count). The lowest BCUT2D eigenvalue weighted by Gasteiger charge is -2.03. The van der Waals surface area contributed by atoms with E-state index in [0.717, 1.165) is 5.56 Å². The summed E-state index contributed by atoms with van der Waals surface area (Å²) >= 11 is 0. The van der Waals surface area contributed by atoms with Gasteiger partial charge in [-0.3, -0.25) is 4.79 Å². The lowest BCUT2D eigenvalue weighted by Crippen LogP contribution is -1.93. The number of azo groups is 1. The van der Waals surface area contributed by atoms with Gasteiger partial charge >= 0.3 is 0 Å². The smallest absolute Gasteiger partial charge is 0.185 e. The number of phenols is 2. The maximum Gasteiger partial charge on any atom is 0.185 e. The Morgan fingerprint density at radius 1 is 0.893 bits per heavy atom. The van der Waals surface area contributed by atoms with Crippen molar-refractivity contribution in [3.63, 3.8) is 0 Å². The van der Waals surface area contributed by atoms with Crippen molar-refractivity contribution in [3.8, 4) is 17.2 Å². The first-order chi connectivity index (χ1) is 13.6. The third-order valence-corrected chi connectivity index (χ3v) is 3.96. The highest BCUT2D eigenvalue weighted by Gasteiger charge is 2.06. The zero-order chi connectivity index (χ0) is 19.9. The number of ether oxygens (including phenoxy) is 1. The summed E-state index contributed by atoms with van der Waals surface area (Å²) in [6.07, 6.45) is 3.18. The van der Waals surface area contributed by atoms with Gasteiger partial charge in [-0.25, -0.2) is 0 Å². The highest BCUT2D eigenvalue weighted by Crippen LogP contribution is 2.36. The monoisotopic (exact) mass is 374 g/mol. The lowest BCUT2D eigenvalue weighted by atomic mass is 10.1. The van der Waals surface area contributed by atoms with Gasteiger partial charge in [-0.1, -0.05) is 24.3 Å². The first-order valence-corrected chi connectivity index (χ1v) is 8.46. The maximum atomic E-state index is 12.3. The number of phenolic OH excluding ortho intramolecular Hbond substituents is 2. The van der Waals surface area contributed by atoms with Crippen LogP contribution < -0.4 is 4.74 Å². The van der Waals surface area contributed by atoms with E-state index in [1.807, 2.05) is 24.3 Å². The summed E-state index contributed by atoms with van der Waals surface area (Å²) in [5, 5.41) is 27.2. The number of carbonyl (C=O) groups excluding carboxylic acids is 1. The van der Waals surface area contributed by atoms with E-state index in [9.17, 15) is 15.0 Å². The fraction of sp³-hybridized carbons (Fsp3) is 0.0455. The van der Waals surface area contributed by atoms with Gasteiger partial charge in [0.2, 0.25) is 0 Å². The van der Waals surface area contributed by atoms with Crippen molar-refractivity contribution in [3.05, 3.63) is 83.9 Å². The topological polar surface area (TPSA) is 91.5 Å². The first kappa shape index (κ1) is 18.8. The molecule has 0 aliphatic heterocycles. The average Bonchev–Trinajstić information content (AvgIpc) is 2.72. The van der Waals surface area contributed by atoms with Gasteiger partial charge in [0.25, 0.3) is 0 Å². The largest absolute Gasteiger partial charge is 0.505 e. The standard InChI is InChI=1S/C22H18N2O4/c1-28-21-8-3-2-5-16(21)11-14-18(25)15-9-12-17(13-10-15)23-24-22-19(26)6-4-7-20(22)27/h2-14,26-27H,1H3/b14-11-,24-23?. The van der Waals surface area contributed by atoms with Crippen molar-refractivity contribution < 1.29 is 19.7 Å². The molecule has 0 aliphatic carbocycles. The molecular formula is C22H18N2O4. The Morgan fingerprint density at radius 2 is 1.57 bits per heavy atom. The van der Waals surface area contributed by atoms with Crippen molar-refractivity contribution in [2.24, 2.45) is 10.2 Å². The summed E-state index contributed by atoms with van der Waals surface area (Å²) in [4.78, 5) is 12.3. The Bertz CT molecular complexity index is 1020. The highest BCUT2D eigenvalue weighted by atomic mass is 16.5. The van der Waals surface area contributed by atoms with Crippen LogP contribution in [-0.4, -0.2) is 23.1 Å². The van der Waals surface area contributed by atoms with Crippen molar-refractivity contribution in [1.82, 2.24) is 0 Å². The fourth-order valence-corrected chi connectivity index (χ4v) is 2.49. The lowest BCUT2D eigenvalue weighted by molar-refractivity contribution is 0.104. The number of ketones is 1. The maximum absolute atomic E-state index is 12.3. The second kappa shape index (κ2) is 8.64. The Labute approximate surface area is 162 Å². The number of nitrogens with zero attached hydrogens (tertiary/aromatic N) is 2. The van der Waals surface area contributed by atoms with Crippen molar-refractivity contribution >= 4 is 23.2 Å². The van der Waals surface area contributed by atoms with Gasteiger partial charge in [0.1, 0.15) is 17.2 Å². The summed E-state index contributed by atoms with van der Waals surface area (Å²) in [7, 11) is 1.58. The van der Waals surface area contributed by atoms with E-state index in [4.69, 9.17) is 4.74 Å². The SMILES string of the molecule is COc1ccccc1/C=C\C(=O)c1ccc(N=Nc2c(O)cccc2O)cc1. The van der Waals surface area contributed by atoms with Crippen LogP contribution in [-0.2, 0) is 0 Å². The zero-order valence-electron chi connectivity index (χ0n) is 15.1. The minimum absolute atomic E-state index is 0.0117. The van der Waals surface area contributed by atoms with Gasteiger partial charge in [0.15, 0.2) is 11.5 Å². The van der Waals surface area contributed by atoms with Gasteiger partial charge in [0, 0.05) is 11.1 Å². The molecule has 0 aromatic heterocycles. The number of methoxy groups -OCH3 is 1. The summed E-state index contributed by atoms with van der Waals surface area (Å²) < 4.78 is 5.26. The van der Waals surface area contributed by atoms with Gasteiger partial charge in [0.05, 0.1) is 12.8 Å². The normalized spacial score (nSPS) is 11.2. The molecule has 0 fully saturated rings. The van der Waals surface area contributed by atoms with Gasteiger partial charge in [-0.15, -0.1) is 5.11 Å². The summed E-state index contributed by atoms with van der Waals surface area (Å²) in [6, 6.07) is 18.3. The number of para-hydroxylation sites is 1. The van der Waals surface area contributed by atoms with Gasteiger partial charge in [-0.2, -0.15) is 5.11 Å². The third kappa shape index (κ3) is 4.42. The van der Waals surface area contributed by atoms with Crippen LogP contribution in [0.15, 0.2) is 83.0 Å². The molecule has 0 radical (unpaired) electrons. The predicted octanol–water partition coefficient (Wildman–Crippen LogP) is 5.42. The van der Waals surface area contributed by atoms with Crippen LogP contribution in [0.25, 0.3) is 6.08 Å². The highest BCUT2D eigenvalue weighted by molar-refractivity contribution is 6.07. The number of carbonyl (C=O) groups is 1. The van der Waals surface area contributed by atoms with Gasteiger partial charge in [-0.05, 0) is 54.6 Å². The Morgan fingerprint density at radius 3 is 2.25 bits per heavy atom. The van der Waals surface area contributed by atoms with E-state index in [-0.39, 0.29) is 23.0 Å². The molecule has 0 aliphatic rings. The quantitative estimate of drug-likeness (QED) is 0.342. The number of allylic oxidation sites excluding steroid dienone is 1. The molecule has 28 heavy (non-hydrogen) atoms. The number of benzene rings is 3. The molecule has 0 amide bonds. The summed E-state index contributed by atoms with van der Waals surface area (Å²) in [6.45, 7) is 0. The van der Waals surface area contributed by atoms with Crippen molar-refractivity contribution in [2.45, 2.75) is 0 Å². The first-order valence-electron chi connectivity index (χ1n) is 8.46. The van der Waals surface area contributed by atoms with E-state index < -0.39 is 0 Å². The Hall–Kier alpha value is -3.93. The molecule has 0 bridgehead atoms. The number of aromatic hydroxyl groups is 2. The molecule has 6 nitrogen and oxygen atoms in total. The van der Waals surface area contributed by atoms with Crippen molar-refractivity contribution in [2.75, 3.05) is 7.11 Å². The third-order valence-electron chi connectivity index (χ3n) is 3.96. The second-order valence-corrected chi connectivity index (χ2v) is 5.83. The van der Waals surface area contributed by atoms with Crippen LogP contribution in [0, 0.1) is 0 Å². The molecular weight excluding hydrogens is 356 g/mol. The van der Waals surface area contributed by atoms with E-state index in [1.54, 1.807) is 37.5 Å². The van der Waals surface area contributed by atoms with Gasteiger partial charge < -0.3 is 14.9 Å². The molecule has 0 saturated carbocycles. The predicted molar refractivity (Wildman–Crippen MR) is 107 cm³/mol. The zero-order valence-corrected chi connectivity index (χ0v) is 15.1.